The van der Waals surface area contributed by atoms with Crippen molar-refractivity contribution in [1.29, 1.82) is 0 Å². The number of hydrogen-bond acceptors (Lipinski definition) is 9. The van der Waals surface area contributed by atoms with Crippen LogP contribution in [0.25, 0.3) is 0 Å². The molecule has 3 atom stereocenters. The molecule has 0 aromatic heterocycles. The van der Waals surface area contributed by atoms with E-state index >= 15 is 0 Å². The van der Waals surface area contributed by atoms with Crippen molar-refractivity contribution < 1.29 is 47.5 Å². The predicted octanol–water partition coefficient (Wildman–Crippen LogP) is 14.2. The molecule has 0 saturated carbocycles. The Bertz CT molecular complexity index is 1150. The van der Waals surface area contributed by atoms with E-state index in [0.29, 0.717) is 19.3 Å². The molecule has 62 heavy (non-hydrogen) atoms. The normalized spacial score (nSPS) is 13.7. The number of carboxylic acids is 1. The van der Waals surface area contributed by atoms with Crippen LogP contribution in [-0.4, -0.2) is 59.9 Å². The Kier molecular flexibility index (Phi) is 44.0. The van der Waals surface area contributed by atoms with Gasteiger partial charge in [0, 0.05) is 12.8 Å². The summed E-state index contributed by atoms with van der Waals surface area (Å²) in [7, 11) is -4.73. The zero-order valence-electron chi connectivity index (χ0n) is 39.7. The third-order valence-corrected chi connectivity index (χ3v) is 12.1. The van der Waals surface area contributed by atoms with Crippen LogP contribution in [0.3, 0.4) is 0 Å². The molecule has 364 valence electrons. The molecule has 4 N–H and O–H groups in total. The highest BCUT2D eigenvalue weighted by Gasteiger charge is 2.28. The van der Waals surface area contributed by atoms with Gasteiger partial charge in [0.05, 0.1) is 13.2 Å². The number of allylic oxidation sites excluding steroid dienone is 4. The fraction of sp³-hybridized carbons (Fsp3) is 0.860. The van der Waals surface area contributed by atoms with Crippen LogP contribution in [-0.2, 0) is 37.5 Å². The van der Waals surface area contributed by atoms with Crippen LogP contribution < -0.4 is 5.73 Å². The Hall–Kier alpha value is -2.04. The number of phosphoric ester groups is 1. The van der Waals surface area contributed by atoms with Crippen molar-refractivity contribution >= 4 is 25.7 Å². The number of ether oxygens (including phenoxy) is 2. The van der Waals surface area contributed by atoms with Gasteiger partial charge in [-0.15, -0.1) is 0 Å². The molecule has 0 aliphatic rings. The fourth-order valence-electron chi connectivity index (χ4n) is 7.18. The second-order valence-electron chi connectivity index (χ2n) is 17.3. The monoisotopic (exact) mass is 900 g/mol. The van der Waals surface area contributed by atoms with E-state index in [1.807, 2.05) is 0 Å². The van der Waals surface area contributed by atoms with Crippen molar-refractivity contribution in [1.82, 2.24) is 0 Å². The average molecular weight is 900 g/mol. The summed E-state index contributed by atoms with van der Waals surface area (Å²) < 4.78 is 32.8. The summed E-state index contributed by atoms with van der Waals surface area (Å²) in [5.74, 6) is -2.41. The Morgan fingerprint density at radius 2 is 0.823 bits per heavy atom. The molecule has 0 aromatic rings. The van der Waals surface area contributed by atoms with E-state index in [0.717, 1.165) is 38.5 Å². The van der Waals surface area contributed by atoms with Gasteiger partial charge < -0.3 is 25.2 Å². The quantitative estimate of drug-likeness (QED) is 0.0230. The van der Waals surface area contributed by atoms with Gasteiger partial charge in [-0.3, -0.25) is 23.4 Å². The van der Waals surface area contributed by atoms with Gasteiger partial charge in [-0.25, -0.2) is 4.57 Å². The molecule has 0 heterocycles. The van der Waals surface area contributed by atoms with Gasteiger partial charge in [-0.1, -0.05) is 199 Å². The lowest BCUT2D eigenvalue weighted by molar-refractivity contribution is -0.161. The van der Waals surface area contributed by atoms with Crippen LogP contribution in [0.2, 0.25) is 0 Å². The van der Waals surface area contributed by atoms with Gasteiger partial charge in [0.25, 0.3) is 0 Å². The molecule has 0 aromatic carbocycles. The molecule has 0 saturated heterocycles. The molecule has 11 nitrogen and oxygen atoms in total. The van der Waals surface area contributed by atoms with E-state index in [1.165, 1.54) is 161 Å². The summed E-state index contributed by atoms with van der Waals surface area (Å²) in [6.45, 7) is 2.80. The molecule has 12 heteroatoms. The van der Waals surface area contributed by atoms with Crippen molar-refractivity contribution in [3.63, 3.8) is 0 Å². The first kappa shape index (κ1) is 60.0. The highest BCUT2D eigenvalue weighted by atomic mass is 31.2. The summed E-state index contributed by atoms with van der Waals surface area (Å²) in [6, 6.07) is -1.52. The molecule has 0 aliphatic heterocycles. The number of hydrogen-bond donors (Lipinski definition) is 3. The molecule has 0 aliphatic carbocycles. The predicted molar refractivity (Wildman–Crippen MR) is 254 cm³/mol. The highest BCUT2D eigenvalue weighted by Crippen LogP contribution is 2.43. The number of carboxylic acid groups (broad SMARTS) is 1. The Balaban J connectivity index is 4.24. The van der Waals surface area contributed by atoms with Gasteiger partial charge in [-0.05, 0) is 57.8 Å². The van der Waals surface area contributed by atoms with Gasteiger partial charge >= 0.3 is 25.7 Å². The zero-order valence-corrected chi connectivity index (χ0v) is 40.6. The summed E-state index contributed by atoms with van der Waals surface area (Å²) in [6.07, 6.45) is 49.7. The maximum Gasteiger partial charge on any atom is 0.472 e. The molecule has 0 rings (SSSR count). The maximum atomic E-state index is 12.7. The van der Waals surface area contributed by atoms with E-state index < -0.39 is 51.1 Å². The smallest absolute Gasteiger partial charge is 0.472 e. The van der Waals surface area contributed by atoms with E-state index in [9.17, 15) is 23.8 Å². The Labute approximate surface area is 379 Å². The number of nitrogens with two attached hydrogens (primary N) is 1. The number of carbonyl (C=O) groups excluding carboxylic acids is 2. The van der Waals surface area contributed by atoms with Gasteiger partial charge in [0.1, 0.15) is 12.6 Å². The first-order valence-corrected chi connectivity index (χ1v) is 26.9. The molecule has 0 radical (unpaired) electrons. The van der Waals surface area contributed by atoms with E-state index in [2.05, 4.69) is 42.7 Å². The maximum absolute atomic E-state index is 12.7. The number of esters is 2. The van der Waals surface area contributed by atoms with Crippen LogP contribution in [0.15, 0.2) is 24.3 Å². The van der Waals surface area contributed by atoms with Gasteiger partial charge in [0.2, 0.25) is 0 Å². The lowest BCUT2D eigenvalue weighted by atomic mass is 10.0. The molecule has 0 spiro atoms. The molecule has 0 amide bonds. The van der Waals surface area contributed by atoms with E-state index in [1.54, 1.807) is 0 Å². The Morgan fingerprint density at radius 3 is 1.24 bits per heavy atom. The number of rotatable bonds is 48. The molecule has 0 fully saturated rings. The van der Waals surface area contributed by atoms with Crippen molar-refractivity contribution in [3.05, 3.63) is 24.3 Å². The third kappa shape index (κ3) is 44.6. The number of carbonyl (C=O) groups is 3. The lowest BCUT2D eigenvalue weighted by Gasteiger charge is -2.20. The van der Waals surface area contributed by atoms with E-state index in [4.69, 9.17) is 24.8 Å². The molecular weight excluding hydrogens is 806 g/mol. The minimum Gasteiger partial charge on any atom is -0.480 e. The van der Waals surface area contributed by atoms with Gasteiger partial charge in [0.15, 0.2) is 6.10 Å². The summed E-state index contributed by atoms with van der Waals surface area (Å²) in [5, 5.41) is 8.91. The zero-order chi connectivity index (χ0) is 45.6. The summed E-state index contributed by atoms with van der Waals surface area (Å²) in [4.78, 5) is 46.1. The fourth-order valence-corrected chi connectivity index (χ4v) is 7.96. The highest BCUT2D eigenvalue weighted by molar-refractivity contribution is 7.47. The topological polar surface area (TPSA) is 172 Å². The largest absolute Gasteiger partial charge is 0.480 e. The van der Waals surface area contributed by atoms with Crippen molar-refractivity contribution in [2.75, 3.05) is 19.8 Å². The number of aliphatic carboxylic acids is 1. The first-order chi connectivity index (χ1) is 30.1. The van der Waals surface area contributed by atoms with Crippen molar-refractivity contribution in [2.45, 2.75) is 257 Å². The second kappa shape index (κ2) is 45.5. The molecule has 1 unspecified atom stereocenters. The third-order valence-electron chi connectivity index (χ3n) is 11.2. The standard InChI is InChI=1S/C50H94NO10P/c1-3-5-7-9-11-13-15-17-19-20-21-22-23-24-25-26-28-30-32-34-36-38-40-42-49(53)61-46(44-59-62(56,57)60-45-47(51)50(54)55)43-58-48(52)41-39-37-35-33-31-29-27-18-16-14-12-10-8-6-4-2/h14,16,34,36,46-47H,3-13,15,17-33,35,37-45,51H2,1-2H3,(H,54,55)(H,56,57)/b16-14+,36-34+/t46-,47-/m0/s1. The second-order valence-corrected chi connectivity index (χ2v) is 18.8. The molecular formula is C50H94NO10P. The van der Waals surface area contributed by atoms with Crippen molar-refractivity contribution in [3.8, 4) is 0 Å². The number of phosphoric acid groups is 1. The van der Waals surface area contributed by atoms with Crippen LogP contribution in [0.1, 0.15) is 245 Å². The van der Waals surface area contributed by atoms with Crippen LogP contribution in [0.5, 0.6) is 0 Å². The van der Waals surface area contributed by atoms with E-state index in [-0.39, 0.29) is 19.4 Å². The Morgan fingerprint density at radius 1 is 0.484 bits per heavy atom. The average Bonchev–Trinajstić information content (AvgIpc) is 3.25. The minimum absolute atomic E-state index is 0.116. The molecule has 0 bridgehead atoms. The SMILES string of the molecule is CCCCCC/C=C/CCCCCCCCCC(=O)OC[C@@H](COP(=O)(O)OC[C@H](N)C(=O)O)OC(=O)CCC/C=C/CCCCCCCCCCCCCCCCCCCC. The summed E-state index contributed by atoms with van der Waals surface area (Å²) >= 11 is 0. The lowest BCUT2D eigenvalue weighted by Crippen LogP contribution is -2.34. The van der Waals surface area contributed by atoms with Crippen LogP contribution in [0, 0.1) is 0 Å². The number of unbranched alkanes of at least 4 members (excludes halogenated alkanes) is 30. The van der Waals surface area contributed by atoms with Crippen molar-refractivity contribution in [2.24, 2.45) is 5.73 Å². The van der Waals surface area contributed by atoms with Gasteiger partial charge in [-0.2, -0.15) is 0 Å². The first-order valence-electron chi connectivity index (χ1n) is 25.4. The van der Waals surface area contributed by atoms with Crippen LogP contribution in [0.4, 0.5) is 0 Å². The summed E-state index contributed by atoms with van der Waals surface area (Å²) in [5.41, 5.74) is 5.35. The van der Waals surface area contributed by atoms with Crippen LogP contribution >= 0.6 is 7.82 Å². The minimum atomic E-state index is -4.73.